The van der Waals surface area contributed by atoms with E-state index in [1.54, 1.807) is 0 Å². The van der Waals surface area contributed by atoms with Gasteiger partial charge in [0.25, 0.3) is 0 Å². The molecule has 0 aliphatic heterocycles. The summed E-state index contributed by atoms with van der Waals surface area (Å²) in [6.45, 7) is 7.05. The molecule has 4 nitrogen and oxygen atoms in total. The van der Waals surface area contributed by atoms with Crippen molar-refractivity contribution in [3.8, 4) is 0 Å². The third kappa shape index (κ3) is 3.34. The lowest BCUT2D eigenvalue weighted by Gasteiger charge is -2.31. The van der Waals surface area contributed by atoms with Gasteiger partial charge in [-0.1, -0.05) is 42.7 Å². The summed E-state index contributed by atoms with van der Waals surface area (Å²) in [5.74, 6) is 0.911. The second-order valence-corrected chi connectivity index (χ2v) is 7.16. The Kier molecular flexibility index (Phi) is 5.23. The van der Waals surface area contributed by atoms with E-state index >= 15 is 0 Å². The molecule has 1 saturated carbocycles. The minimum absolute atomic E-state index is 0.0184. The predicted octanol–water partition coefficient (Wildman–Crippen LogP) is 4.58. The van der Waals surface area contributed by atoms with E-state index in [9.17, 15) is 0 Å². The van der Waals surface area contributed by atoms with Crippen molar-refractivity contribution in [2.45, 2.75) is 51.4 Å². The maximum Gasteiger partial charge on any atom is 0.199 e. The van der Waals surface area contributed by atoms with Crippen molar-refractivity contribution in [1.82, 2.24) is 19.7 Å². The summed E-state index contributed by atoms with van der Waals surface area (Å²) in [6.07, 6.45) is 6.53. The van der Waals surface area contributed by atoms with E-state index in [1.807, 2.05) is 34.4 Å². The molecule has 0 spiro atoms. The van der Waals surface area contributed by atoms with Crippen LogP contribution in [0.3, 0.4) is 0 Å². The molecule has 1 aromatic heterocycles. The number of aromatic nitrogens is 3. The van der Waals surface area contributed by atoms with E-state index in [0.717, 1.165) is 28.5 Å². The van der Waals surface area contributed by atoms with E-state index in [0.29, 0.717) is 13.2 Å². The van der Waals surface area contributed by atoms with Gasteiger partial charge in [0, 0.05) is 17.1 Å². The Morgan fingerprint density at radius 2 is 2.00 bits per heavy atom. The lowest BCUT2D eigenvalue weighted by molar-refractivity contribution is 0.297. The van der Waals surface area contributed by atoms with Crippen molar-refractivity contribution in [3.05, 3.63) is 58.1 Å². The third-order valence-corrected chi connectivity index (χ3v) is 5.52. The van der Waals surface area contributed by atoms with Gasteiger partial charge < -0.3 is 4.57 Å². The zero-order valence-corrected chi connectivity index (χ0v) is 15.5. The standard InChI is InChI=1S/C18H23ClN4S/c1-3-12-22-14(2)21-23(17(22)24)13-20-18(10-4-5-11-18)15-6-8-16(19)9-7-15/h3,6-9,20H,1,4-5,10-13H2,2H3. The van der Waals surface area contributed by atoms with E-state index in [1.165, 1.54) is 18.4 Å². The molecule has 0 radical (unpaired) electrons. The highest BCUT2D eigenvalue weighted by Gasteiger charge is 2.35. The van der Waals surface area contributed by atoms with Gasteiger partial charge in [0.1, 0.15) is 5.82 Å². The van der Waals surface area contributed by atoms with Gasteiger partial charge >= 0.3 is 0 Å². The summed E-state index contributed by atoms with van der Waals surface area (Å²) in [6, 6.07) is 8.18. The lowest BCUT2D eigenvalue weighted by atomic mass is 9.88. The van der Waals surface area contributed by atoms with E-state index < -0.39 is 0 Å². The summed E-state index contributed by atoms with van der Waals surface area (Å²) in [5.41, 5.74) is 1.27. The van der Waals surface area contributed by atoms with Gasteiger partial charge in [-0.05, 0) is 49.7 Å². The highest BCUT2D eigenvalue weighted by molar-refractivity contribution is 7.71. The van der Waals surface area contributed by atoms with Crippen molar-refractivity contribution in [3.63, 3.8) is 0 Å². The van der Waals surface area contributed by atoms with Crippen LogP contribution < -0.4 is 5.32 Å². The molecule has 1 fully saturated rings. The third-order valence-electron chi connectivity index (χ3n) is 4.84. The van der Waals surface area contributed by atoms with Crippen molar-refractivity contribution in [2.24, 2.45) is 0 Å². The second-order valence-electron chi connectivity index (χ2n) is 6.36. The fourth-order valence-corrected chi connectivity index (χ4v) is 3.97. The van der Waals surface area contributed by atoms with E-state index in [2.05, 4.69) is 29.1 Å². The van der Waals surface area contributed by atoms with Crippen LogP contribution in [-0.2, 0) is 18.8 Å². The molecule has 0 atom stereocenters. The first-order chi connectivity index (χ1) is 11.6. The number of nitrogens with zero attached hydrogens (tertiary/aromatic N) is 3. The maximum absolute atomic E-state index is 6.05. The van der Waals surface area contributed by atoms with E-state index in [-0.39, 0.29) is 5.54 Å². The van der Waals surface area contributed by atoms with Crippen LogP contribution in [0.1, 0.15) is 37.1 Å². The Morgan fingerprint density at radius 3 is 2.62 bits per heavy atom. The molecule has 24 heavy (non-hydrogen) atoms. The van der Waals surface area contributed by atoms with Gasteiger partial charge in [-0.15, -0.1) is 6.58 Å². The monoisotopic (exact) mass is 362 g/mol. The number of halogens is 1. The maximum atomic E-state index is 6.05. The zero-order valence-electron chi connectivity index (χ0n) is 14.0. The average Bonchev–Trinajstić information content (AvgIpc) is 3.15. The van der Waals surface area contributed by atoms with E-state index in [4.69, 9.17) is 23.8 Å². The Hall–Kier alpha value is -1.43. The Morgan fingerprint density at radius 1 is 1.33 bits per heavy atom. The van der Waals surface area contributed by atoms with Crippen molar-refractivity contribution < 1.29 is 0 Å². The summed E-state index contributed by atoms with van der Waals surface area (Å²) < 4.78 is 4.58. The van der Waals surface area contributed by atoms with Gasteiger partial charge in [0.05, 0.1) is 6.67 Å². The van der Waals surface area contributed by atoms with Crippen LogP contribution in [-0.4, -0.2) is 14.3 Å². The normalized spacial score (nSPS) is 16.4. The molecule has 0 bridgehead atoms. The molecule has 3 rings (SSSR count). The van der Waals surface area contributed by atoms with Gasteiger partial charge in [0.2, 0.25) is 0 Å². The number of allylic oxidation sites excluding steroid dienone is 1. The fourth-order valence-electron chi connectivity index (χ4n) is 3.53. The molecular formula is C18H23ClN4S. The molecule has 1 aliphatic rings. The molecule has 128 valence electrons. The minimum atomic E-state index is -0.0184. The molecule has 0 amide bonds. The highest BCUT2D eigenvalue weighted by atomic mass is 35.5. The number of benzene rings is 1. The molecule has 0 saturated heterocycles. The quantitative estimate of drug-likeness (QED) is 0.603. The summed E-state index contributed by atoms with van der Waals surface area (Å²) in [4.78, 5) is 0. The van der Waals surface area contributed by atoms with Crippen LogP contribution in [0.4, 0.5) is 0 Å². The smallest absolute Gasteiger partial charge is 0.199 e. The van der Waals surface area contributed by atoms with Gasteiger partial charge in [0.15, 0.2) is 4.77 Å². The molecule has 2 aromatic rings. The minimum Gasteiger partial charge on any atom is -0.300 e. The first-order valence-electron chi connectivity index (χ1n) is 8.32. The first kappa shape index (κ1) is 17.4. The summed E-state index contributed by atoms with van der Waals surface area (Å²) >= 11 is 11.6. The molecule has 1 heterocycles. The highest BCUT2D eigenvalue weighted by Crippen LogP contribution is 2.39. The van der Waals surface area contributed by atoms with Crippen LogP contribution in [0.15, 0.2) is 36.9 Å². The molecule has 0 unspecified atom stereocenters. The molecular weight excluding hydrogens is 340 g/mol. The first-order valence-corrected chi connectivity index (χ1v) is 9.10. The van der Waals surface area contributed by atoms with Crippen molar-refractivity contribution in [1.29, 1.82) is 0 Å². The van der Waals surface area contributed by atoms with Crippen molar-refractivity contribution in [2.75, 3.05) is 0 Å². The molecule has 1 N–H and O–H groups in total. The number of hydrogen-bond donors (Lipinski definition) is 1. The van der Waals surface area contributed by atoms with Crippen LogP contribution in [0.5, 0.6) is 0 Å². The lowest BCUT2D eigenvalue weighted by Crippen LogP contribution is -2.41. The SMILES string of the molecule is C=CCn1c(C)nn(CNC2(c3ccc(Cl)cc3)CCCC2)c1=S. The Labute approximate surface area is 153 Å². The van der Waals surface area contributed by atoms with Gasteiger partial charge in [-0.3, -0.25) is 5.32 Å². The summed E-state index contributed by atoms with van der Waals surface area (Å²) in [7, 11) is 0. The fraction of sp³-hybridized carbons (Fsp3) is 0.444. The zero-order chi connectivity index (χ0) is 17.2. The van der Waals surface area contributed by atoms with Gasteiger partial charge in [-0.2, -0.15) is 5.10 Å². The molecule has 1 aromatic carbocycles. The van der Waals surface area contributed by atoms with Crippen molar-refractivity contribution >= 4 is 23.8 Å². The number of rotatable bonds is 6. The van der Waals surface area contributed by atoms with Crippen LogP contribution in [0.2, 0.25) is 5.02 Å². The van der Waals surface area contributed by atoms with Gasteiger partial charge in [-0.25, -0.2) is 4.68 Å². The number of nitrogens with one attached hydrogen (secondary N) is 1. The molecule has 6 heteroatoms. The second kappa shape index (κ2) is 7.21. The Bertz CT molecular complexity index is 769. The summed E-state index contributed by atoms with van der Waals surface area (Å²) in [5, 5.41) is 9.07. The Balaban J connectivity index is 1.83. The van der Waals surface area contributed by atoms with Crippen LogP contribution in [0, 0.1) is 11.7 Å². The van der Waals surface area contributed by atoms with Crippen LogP contribution >= 0.6 is 23.8 Å². The number of aryl methyl sites for hydroxylation is 1. The number of hydrogen-bond acceptors (Lipinski definition) is 3. The topological polar surface area (TPSA) is 34.8 Å². The van der Waals surface area contributed by atoms with Crippen LogP contribution in [0.25, 0.3) is 0 Å². The largest absolute Gasteiger partial charge is 0.300 e. The molecule has 1 aliphatic carbocycles. The average molecular weight is 363 g/mol. The predicted molar refractivity (Wildman–Crippen MR) is 101 cm³/mol.